The third-order valence-electron chi connectivity index (χ3n) is 1.51. The molecule has 0 amide bonds. The lowest BCUT2D eigenvalue weighted by Gasteiger charge is -1.99. The number of nitrogens with zero attached hydrogens (tertiary/aromatic N) is 2. The zero-order chi connectivity index (χ0) is 8.27. The molecule has 0 saturated carbocycles. The Kier molecular flexibility index (Phi) is 2.07. The van der Waals surface area contributed by atoms with E-state index in [0.717, 1.165) is 5.57 Å². The SMILES string of the molecule is CC1=CC(N)=NC=CC1C#N. The maximum Gasteiger partial charge on any atom is 0.123 e. The van der Waals surface area contributed by atoms with E-state index < -0.39 is 0 Å². The van der Waals surface area contributed by atoms with Crippen LogP contribution < -0.4 is 5.73 Å². The summed E-state index contributed by atoms with van der Waals surface area (Å²) in [7, 11) is 0. The highest BCUT2D eigenvalue weighted by Crippen LogP contribution is 2.12. The van der Waals surface area contributed by atoms with Crippen molar-refractivity contribution in [2.75, 3.05) is 0 Å². The van der Waals surface area contributed by atoms with E-state index >= 15 is 0 Å². The zero-order valence-electron chi connectivity index (χ0n) is 6.28. The molecule has 1 atom stereocenters. The molecule has 1 aliphatic rings. The molecular formula is C8H9N3. The highest BCUT2D eigenvalue weighted by atomic mass is 14.8. The maximum atomic E-state index is 8.64. The predicted molar refractivity (Wildman–Crippen MR) is 43.6 cm³/mol. The van der Waals surface area contributed by atoms with Crippen LogP contribution in [0.25, 0.3) is 0 Å². The van der Waals surface area contributed by atoms with Crippen molar-refractivity contribution >= 4 is 5.84 Å². The number of nitrogens with two attached hydrogens (primary N) is 1. The smallest absolute Gasteiger partial charge is 0.123 e. The average molecular weight is 147 g/mol. The first-order chi connectivity index (χ1) is 5.24. The molecule has 0 saturated heterocycles. The fourth-order valence-electron chi connectivity index (χ4n) is 0.872. The quantitative estimate of drug-likeness (QED) is 0.554. The Labute approximate surface area is 65.5 Å². The number of allylic oxidation sites excluding steroid dienone is 2. The second kappa shape index (κ2) is 3.02. The van der Waals surface area contributed by atoms with Crippen LogP contribution in [0.3, 0.4) is 0 Å². The van der Waals surface area contributed by atoms with Gasteiger partial charge in [-0.25, -0.2) is 4.99 Å². The molecule has 0 aromatic rings. The van der Waals surface area contributed by atoms with Crippen molar-refractivity contribution < 1.29 is 0 Å². The Morgan fingerprint density at radius 2 is 2.45 bits per heavy atom. The minimum Gasteiger partial charge on any atom is -0.384 e. The Balaban J connectivity index is 2.97. The van der Waals surface area contributed by atoms with Crippen LogP contribution in [0.4, 0.5) is 0 Å². The monoisotopic (exact) mass is 147 g/mol. The van der Waals surface area contributed by atoms with E-state index in [9.17, 15) is 0 Å². The van der Waals surface area contributed by atoms with Crippen molar-refractivity contribution in [2.24, 2.45) is 16.6 Å². The third-order valence-corrected chi connectivity index (χ3v) is 1.51. The first kappa shape index (κ1) is 7.55. The van der Waals surface area contributed by atoms with Gasteiger partial charge in [0, 0.05) is 6.20 Å². The van der Waals surface area contributed by atoms with E-state index in [0.29, 0.717) is 5.84 Å². The van der Waals surface area contributed by atoms with Gasteiger partial charge < -0.3 is 5.73 Å². The van der Waals surface area contributed by atoms with Gasteiger partial charge in [-0.05, 0) is 24.6 Å². The van der Waals surface area contributed by atoms with Gasteiger partial charge in [0.25, 0.3) is 0 Å². The molecule has 11 heavy (non-hydrogen) atoms. The molecule has 1 unspecified atom stereocenters. The molecule has 0 bridgehead atoms. The Morgan fingerprint density at radius 3 is 3.09 bits per heavy atom. The fourth-order valence-corrected chi connectivity index (χ4v) is 0.872. The number of aliphatic imine (C=N–C) groups is 1. The number of nitriles is 1. The summed E-state index contributed by atoms with van der Waals surface area (Å²) in [5, 5.41) is 8.64. The van der Waals surface area contributed by atoms with Crippen LogP contribution in [-0.4, -0.2) is 5.84 Å². The number of hydrogen-bond acceptors (Lipinski definition) is 3. The summed E-state index contributed by atoms with van der Waals surface area (Å²) in [5.74, 6) is 0.274. The summed E-state index contributed by atoms with van der Waals surface area (Å²) in [6.07, 6.45) is 5.01. The lowest BCUT2D eigenvalue weighted by Crippen LogP contribution is -2.07. The molecule has 3 nitrogen and oxygen atoms in total. The van der Waals surface area contributed by atoms with Gasteiger partial charge in [0.15, 0.2) is 0 Å². The molecule has 0 aliphatic carbocycles. The van der Waals surface area contributed by atoms with E-state index in [1.165, 1.54) is 0 Å². The molecule has 1 rings (SSSR count). The Bertz CT molecular complexity index is 278. The highest BCUT2D eigenvalue weighted by molar-refractivity contribution is 5.92. The summed E-state index contributed by atoms with van der Waals surface area (Å²) in [5.41, 5.74) is 6.39. The molecular weight excluding hydrogens is 138 g/mol. The fraction of sp³-hybridized carbons (Fsp3) is 0.250. The largest absolute Gasteiger partial charge is 0.384 e. The second-order valence-corrected chi connectivity index (χ2v) is 2.39. The van der Waals surface area contributed by atoms with E-state index in [1.807, 2.05) is 6.92 Å². The standard InChI is InChI=1S/C8H9N3/c1-6-4-8(10)11-3-2-7(6)5-9/h2-4,7H,1H3,(H2,10,11). The van der Waals surface area contributed by atoms with Crippen molar-refractivity contribution in [3.8, 4) is 6.07 Å². The highest BCUT2D eigenvalue weighted by Gasteiger charge is 2.07. The van der Waals surface area contributed by atoms with Crippen molar-refractivity contribution in [2.45, 2.75) is 6.92 Å². The summed E-state index contributed by atoms with van der Waals surface area (Å²) in [6, 6.07) is 2.13. The van der Waals surface area contributed by atoms with Gasteiger partial charge in [0.1, 0.15) is 5.84 Å². The lowest BCUT2D eigenvalue weighted by molar-refractivity contribution is 0.984. The van der Waals surface area contributed by atoms with Crippen LogP contribution in [0.5, 0.6) is 0 Å². The first-order valence-corrected chi connectivity index (χ1v) is 3.32. The molecule has 0 aromatic carbocycles. The average Bonchev–Trinajstić information content (AvgIpc) is 2.11. The second-order valence-electron chi connectivity index (χ2n) is 2.39. The topological polar surface area (TPSA) is 62.2 Å². The van der Waals surface area contributed by atoms with Gasteiger partial charge in [0.05, 0.1) is 12.0 Å². The number of amidine groups is 1. The molecule has 0 radical (unpaired) electrons. The molecule has 0 spiro atoms. The van der Waals surface area contributed by atoms with Gasteiger partial charge in [0.2, 0.25) is 0 Å². The van der Waals surface area contributed by atoms with Crippen molar-refractivity contribution in [1.82, 2.24) is 0 Å². The van der Waals surface area contributed by atoms with Crippen LogP contribution in [0.1, 0.15) is 6.92 Å². The minimum absolute atomic E-state index is 0.181. The molecule has 56 valence electrons. The number of rotatable bonds is 0. The van der Waals surface area contributed by atoms with Gasteiger partial charge >= 0.3 is 0 Å². The molecule has 1 heterocycles. The predicted octanol–water partition coefficient (Wildman–Crippen LogP) is 0.957. The molecule has 2 N–H and O–H groups in total. The van der Waals surface area contributed by atoms with E-state index in [-0.39, 0.29) is 5.92 Å². The third kappa shape index (κ3) is 1.68. The van der Waals surface area contributed by atoms with E-state index in [1.54, 1.807) is 18.4 Å². The minimum atomic E-state index is -0.181. The van der Waals surface area contributed by atoms with Crippen LogP contribution in [0.2, 0.25) is 0 Å². The van der Waals surface area contributed by atoms with Crippen molar-refractivity contribution in [3.63, 3.8) is 0 Å². The van der Waals surface area contributed by atoms with Crippen LogP contribution >= 0.6 is 0 Å². The van der Waals surface area contributed by atoms with Gasteiger partial charge in [-0.2, -0.15) is 5.26 Å². The molecule has 0 fully saturated rings. The first-order valence-electron chi connectivity index (χ1n) is 3.32. The number of hydrogen-bond donors (Lipinski definition) is 1. The summed E-state index contributed by atoms with van der Waals surface area (Å²) >= 11 is 0. The van der Waals surface area contributed by atoms with Crippen molar-refractivity contribution in [3.05, 3.63) is 23.9 Å². The van der Waals surface area contributed by atoms with Crippen LogP contribution in [0.15, 0.2) is 28.9 Å². The van der Waals surface area contributed by atoms with E-state index in [2.05, 4.69) is 11.1 Å². The molecule has 3 heteroatoms. The molecule has 1 aliphatic heterocycles. The summed E-state index contributed by atoms with van der Waals surface area (Å²) < 4.78 is 0. The summed E-state index contributed by atoms with van der Waals surface area (Å²) in [4.78, 5) is 3.86. The lowest BCUT2D eigenvalue weighted by atomic mass is 10.0. The van der Waals surface area contributed by atoms with Gasteiger partial charge in [-0.15, -0.1) is 0 Å². The van der Waals surface area contributed by atoms with Gasteiger partial charge in [-0.1, -0.05) is 0 Å². The normalized spacial score (nSPS) is 23.1. The Hall–Kier alpha value is -1.56. The van der Waals surface area contributed by atoms with E-state index in [4.69, 9.17) is 11.0 Å². The van der Waals surface area contributed by atoms with Crippen molar-refractivity contribution in [1.29, 1.82) is 5.26 Å². The Morgan fingerprint density at radius 1 is 1.73 bits per heavy atom. The van der Waals surface area contributed by atoms with Gasteiger partial charge in [-0.3, -0.25) is 0 Å². The van der Waals surface area contributed by atoms with Crippen LogP contribution in [-0.2, 0) is 0 Å². The summed E-state index contributed by atoms with van der Waals surface area (Å²) in [6.45, 7) is 1.87. The zero-order valence-corrected chi connectivity index (χ0v) is 6.28. The maximum absolute atomic E-state index is 8.64. The van der Waals surface area contributed by atoms with Crippen LogP contribution in [0, 0.1) is 17.2 Å². The molecule has 0 aromatic heterocycles.